The van der Waals surface area contributed by atoms with Gasteiger partial charge in [-0.2, -0.15) is 5.10 Å². The van der Waals surface area contributed by atoms with E-state index in [4.69, 9.17) is 0 Å². The van der Waals surface area contributed by atoms with Gasteiger partial charge in [-0.3, -0.25) is 15.2 Å². The standard InChI is InChI=1S/C11H12N4O3/c1-7(9-4-5-12-14-9)13-10-3-2-8(16)6-11(10)15(17)18/h2-7,13,16H,1H3,(H,12,14). The molecular weight excluding hydrogens is 236 g/mol. The molecule has 0 spiro atoms. The lowest BCUT2D eigenvalue weighted by molar-refractivity contribution is -0.384. The zero-order valence-corrected chi connectivity index (χ0v) is 9.62. The summed E-state index contributed by atoms with van der Waals surface area (Å²) in [6, 6.07) is 5.61. The molecule has 0 aliphatic carbocycles. The molecule has 0 amide bonds. The molecule has 7 heteroatoms. The van der Waals surface area contributed by atoms with Crippen LogP contribution >= 0.6 is 0 Å². The third kappa shape index (κ3) is 2.40. The molecule has 0 fully saturated rings. The molecule has 1 atom stereocenters. The molecule has 0 aliphatic rings. The van der Waals surface area contributed by atoms with E-state index in [0.29, 0.717) is 5.69 Å². The first-order chi connectivity index (χ1) is 8.58. The summed E-state index contributed by atoms with van der Waals surface area (Å²) in [5.41, 5.74) is 0.999. The van der Waals surface area contributed by atoms with Crippen LogP contribution in [0, 0.1) is 10.1 Å². The van der Waals surface area contributed by atoms with Gasteiger partial charge in [0.15, 0.2) is 0 Å². The highest BCUT2D eigenvalue weighted by atomic mass is 16.6. The quantitative estimate of drug-likeness (QED) is 0.437. The van der Waals surface area contributed by atoms with Gasteiger partial charge >= 0.3 is 0 Å². The lowest BCUT2D eigenvalue weighted by atomic mass is 10.2. The van der Waals surface area contributed by atoms with E-state index in [9.17, 15) is 15.2 Å². The van der Waals surface area contributed by atoms with Crippen molar-refractivity contribution in [1.29, 1.82) is 0 Å². The first-order valence-corrected chi connectivity index (χ1v) is 5.31. The number of aromatic hydroxyl groups is 1. The average molecular weight is 248 g/mol. The number of nitrogens with one attached hydrogen (secondary N) is 2. The molecule has 0 radical (unpaired) electrons. The lowest BCUT2D eigenvalue weighted by Crippen LogP contribution is -2.08. The van der Waals surface area contributed by atoms with Crippen LogP contribution in [-0.2, 0) is 0 Å². The molecule has 0 saturated heterocycles. The number of nitrogens with zero attached hydrogens (tertiary/aromatic N) is 2. The minimum absolute atomic E-state index is 0.138. The Morgan fingerprint density at radius 3 is 2.89 bits per heavy atom. The number of hydrogen-bond donors (Lipinski definition) is 3. The Balaban J connectivity index is 2.26. The number of H-pyrrole nitrogens is 1. The number of rotatable bonds is 4. The number of nitro groups is 1. The van der Waals surface area contributed by atoms with Gasteiger partial charge in [-0.1, -0.05) is 0 Å². The van der Waals surface area contributed by atoms with Gasteiger partial charge in [0.2, 0.25) is 0 Å². The first kappa shape index (κ1) is 11.9. The summed E-state index contributed by atoms with van der Waals surface area (Å²) >= 11 is 0. The van der Waals surface area contributed by atoms with Crippen LogP contribution in [0.3, 0.4) is 0 Å². The summed E-state index contributed by atoms with van der Waals surface area (Å²) in [6.45, 7) is 1.85. The first-order valence-electron chi connectivity index (χ1n) is 5.31. The summed E-state index contributed by atoms with van der Waals surface area (Å²) in [7, 11) is 0. The number of phenols is 1. The van der Waals surface area contributed by atoms with E-state index in [1.807, 2.05) is 6.92 Å². The smallest absolute Gasteiger partial charge is 0.296 e. The third-order valence-corrected chi connectivity index (χ3v) is 2.54. The van der Waals surface area contributed by atoms with E-state index in [1.165, 1.54) is 12.1 Å². The van der Waals surface area contributed by atoms with Crippen LogP contribution in [0.25, 0.3) is 0 Å². The number of nitro benzene ring substituents is 1. The fourth-order valence-electron chi connectivity index (χ4n) is 1.61. The predicted octanol–water partition coefficient (Wildman–Crippen LogP) is 2.20. The second-order valence-electron chi connectivity index (χ2n) is 3.84. The SMILES string of the molecule is CC(Nc1ccc(O)cc1[N+](=O)[O-])c1ccn[nH]1. The highest BCUT2D eigenvalue weighted by molar-refractivity contribution is 5.64. The zero-order valence-electron chi connectivity index (χ0n) is 9.62. The Bertz CT molecular complexity index is 553. The van der Waals surface area contributed by atoms with Crippen molar-refractivity contribution in [3.8, 4) is 5.75 Å². The van der Waals surface area contributed by atoms with Crippen LogP contribution in [0.1, 0.15) is 18.7 Å². The van der Waals surface area contributed by atoms with Gasteiger partial charge < -0.3 is 10.4 Å². The Labute approximate surface area is 103 Å². The molecule has 7 nitrogen and oxygen atoms in total. The molecule has 1 unspecified atom stereocenters. The van der Waals surface area contributed by atoms with Crippen LogP contribution in [0.15, 0.2) is 30.5 Å². The monoisotopic (exact) mass is 248 g/mol. The highest BCUT2D eigenvalue weighted by Crippen LogP contribution is 2.30. The van der Waals surface area contributed by atoms with Crippen molar-refractivity contribution in [3.05, 3.63) is 46.3 Å². The maximum Gasteiger partial charge on any atom is 0.296 e. The summed E-state index contributed by atoms with van der Waals surface area (Å²) in [6.07, 6.45) is 1.61. The van der Waals surface area contributed by atoms with Crippen molar-refractivity contribution in [3.63, 3.8) is 0 Å². The van der Waals surface area contributed by atoms with Gasteiger partial charge in [0.05, 0.1) is 22.7 Å². The molecule has 0 saturated carbocycles. The normalized spacial score (nSPS) is 12.1. The van der Waals surface area contributed by atoms with Crippen molar-refractivity contribution in [2.24, 2.45) is 0 Å². The van der Waals surface area contributed by atoms with Gasteiger partial charge in [-0.15, -0.1) is 0 Å². The van der Waals surface area contributed by atoms with Gasteiger partial charge in [0, 0.05) is 6.20 Å². The van der Waals surface area contributed by atoms with E-state index in [0.717, 1.165) is 11.8 Å². The molecule has 94 valence electrons. The van der Waals surface area contributed by atoms with E-state index < -0.39 is 4.92 Å². The van der Waals surface area contributed by atoms with Gasteiger partial charge in [-0.05, 0) is 25.1 Å². The summed E-state index contributed by atoms with van der Waals surface area (Å²) < 4.78 is 0. The van der Waals surface area contributed by atoms with Crippen molar-refractivity contribution in [1.82, 2.24) is 10.2 Å². The number of aromatic nitrogens is 2. The maximum atomic E-state index is 10.9. The number of benzene rings is 1. The molecule has 3 N–H and O–H groups in total. The fraction of sp³-hybridized carbons (Fsp3) is 0.182. The number of phenolic OH excluding ortho intramolecular Hbond substituents is 1. The van der Waals surface area contributed by atoms with Gasteiger partial charge in [0.1, 0.15) is 11.4 Å². The Morgan fingerprint density at radius 1 is 1.50 bits per heavy atom. The van der Waals surface area contributed by atoms with Crippen molar-refractivity contribution in [2.45, 2.75) is 13.0 Å². The topological polar surface area (TPSA) is 104 Å². The molecule has 1 aromatic heterocycles. The summed E-state index contributed by atoms with van der Waals surface area (Å²) in [5, 5.41) is 29.7. The number of anilines is 1. The molecular formula is C11H12N4O3. The van der Waals surface area contributed by atoms with Gasteiger partial charge in [-0.25, -0.2) is 0 Å². The Hall–Kier alpha value is -2.57. The van der Waals surface area contributed by atoms with E-state index in [2.05, 4.69) is 15.5 Å². The van der Waals surface area contributed by atoms with Crippen LogP contribution in [0.5, 0.6) is 5.75 Å². The highest BCUT2D eigenvalue weighted by Gasteiger charge is 2.17. The molecule has 2 aromatic rings. The fourth-order valence-corrected chi connectivity index (χ4v) is 1.61. The van der Waals surface area contributed by atoms with E-state index in [1.54, 1.807) is 12.3 Å². The number of hydrogen-bond acceptors (Lipinski definition) is 5. The number of aromatic amines is 1. The average Bonchev–Trinajstić information content (AvgIpc) is 2.84. The van der Waals surface area contributed by atoms with E-state index in [-0.39, 0.29) is 17.5 Å². The Morgan fingerprint density at radius 2 is 2.28 bits per heavy atom. The van der Waals surface area contributed by atoms with Gasteiger partial charge in [0.25, 0.3) is 5.69 Å². The van der Waals surface area contributed by atoms with Crippen LogP contribution in [0.2, 0.25) is 0 Å². The Kier molecular flexibility index (Phi) is 3.13. The zero-order chi connectivity index (χ0) is 13.1. The van der Waals surface area contributed by atoms with Crippen molar-refractivity contribution < 1.29 is 10.0 Å². The lowest BCUT2D eigenvalue weighted by Gasteiger charge is -2.13. The molecule has 2 rings (SSSR count). The maximum absolute atomic E-state index is 10.9. The second-order valence-corrected chi connectivity index (χ2v) is 3.84. The summed E-state index contributed by atoms with van der Waals surface area (Å²) in [4.78, 5) is 10.3. The minimum Gasteiger partial charge on any atom is -0.508 e. The molecule has 18 heavy (non-hydrogen) atoms. The van der Waals surface area contributed by atoms with Crippen LogP contribution in [-0.4, -0.2) is 20.2 Å². The summed E-state index contributed by atoms with van der Waals surface area (Å²) in [5.74, 6) is -0.138. The van der Waals surface area contributed by atoms with E-state index >= 15 is 0 Å². The molecule has 1 heterocycles. The third-order valence-electron chi connectivity index (χ3n) is 2.54. The van der Waals surface area contributed by atoms with Crippen molar-refractivity contribution in [2.75, 3.05) is 5.32 Å². The molecule has 0 aliphatic heterocycles. The predicted molar refractivity (Wildman–Crippen MR) is 65.4 cm³/mol. The molecule has 1 aromatic carbocycles. The molecule has 0 bridgehead atoms. The second kappa shape index (κ2) is 4.74. The van der Waals surface area contributed by atoms with Crippen LogP contribution in [0.4, 0.5) is 11.4 Å². The van der Waals surface area contributed by atoms with Crippen molar-refractivity contribution >= 4 is 11.4 Å². The minimum atomic E-state index is -0.540. The van der Waals surface area contributed by atoms with Crippen LogP contribution < -0.4 is 5.32 Å². The largest absolute Gasteiger partial charge is 0.508 e.